The molecular formula is C18H16N6O3. The van der Waals surface area contributed by atoms with Crippen molar-refractivity contribution in [3.8, 4) is 17.7 Å². The molecule has 0 radical (unpaired) electrons. The molecule has 1 aliphatic rings. The maximum atomic E-state index is 11.1. The van der Waals surface area contributed by atoms with Crippen LogP contribution in [0.1, 0.15) is 24.4 Å². The Morgan fingerprint density at radius 2 is 2.04 bits per heavy atom. The number of amides is 1. The molecule has 1 fully saturated rings. The Balaban J connectivity index is 1.63. The Morgan fingerprint density at radius 3 is 2.78 bits per heavy atom. The standard InChI is InChI=1S/C18H16N6O3/c19-9-12-3-1-2-4-15(12)27-17-14-10-22-24(16(14)20-11-21-17)13-5-7-23(8-6-13)18(25)26/h1-4,10-11,13H,5-8H2,(H,25,26). The summed E-state index contributed by atoms with van der Waals surface area (Å²) in [5.74, 6) is 0.749. The number of likely N-dealkylation sites (tertiary alicyclic amines) is 1. The summed E-state index contributed by atoms with van der Waals surface area (Å²) in [6, 6.07) is 9.09. The van der Waals surface area contributed by atoms with Crippen molar-refractivity contribution in [2.24, 2.45) is 0 Å². The van der Waals surface area contributed by atoms with Crippen LogP contribution in [-0.4, -0.2) is 48.9 Å². The average Bonchev–Trinajstić information content (AvgIpc) is 3.13. The molecule has 0 bridgehead atoms. The highest BCUT2D eigenvalue weighted by atomic mass is 16.5. The summed E-state index contributed by atoms with van der Waals surface area (Å²) in [7, 11) is 0. The quantitative estimate of drug-likeness (QED) is 0.759. The number of fused-ring (bicyclic) bond motifs is 1. The number of nitriles is 1. The minimum absolute atomic E-state index is 0.0623. The lowest BCUT2D eigenvalue weighted by molar-refractivity contribution is 0.124. The van der Waals surface area contributed by atoms with Gasteiger partial charge in [0.05, 0.1) is 17.8 Å². The second kappa shape index (κ2) is 6.92. The number of nitrogens with zero attached hydrogens (tertiary/aromatic N) is 6. The lowest BCUT2D eigenvalue weighted by Gasteiger charge is -2.30. The van der Waals surface area contributed by atoms with Gasteiger partial charge < -0.3 is 14.7 Å². The molecule has 1 N–H and O–H groups in total. The van der Waals surface area contributed by atoms with Crippen molar-refractivity contribution < 1.29 is 14.6 Å². The lowest BCUT2D eigenvalue weighted by atomic mass is 10.1. The van der Waals surface area contributed by atoms with E-state index in [4.69, 9.17) is 9.84 Å². The highest BCUT2D eigenvalue weighted by Gasteiger charge is 2.26. The number of rotatable bonds is 3. The minimum Gasteiger partial charge on any atom is -0.465 e. The molecule has 1 aromatic carbocycles. The van der Waals surface area contributed by atoms with Crippen LogP contribution in [0.3, 0.4) is 0 Å². The first-order valence-corrected chi connectivity index (χ1v) is 8.50. The van der Waals surface area contributed by atoms with Crippen molar-refractivity contribution in [2.45, 2.75) is 18.9 Å². The normalized spacial score (nSPS) is 14.9. The zero-order valence-corrected chi connectivity index (χ0v) is 14.3. The maximum absolute atomic E-state index is 11.1. The molecule has 3 aromatic rings. The molecule has 0 spiro atoms. The van der Waals surface area contributed by atoms with Crippen LogP contribution >= 0.6 is 0 Å². The van der Waals surface area contributed by atoms with Gasteiger partial charge in [0.25, 0.3) is 0 Å². The topological polar surface area (TPSA) is 117 Å². The predicted molar refractivity (Wildman–Crippen MR) is 94.4 cm³/mol. The fourth-order valence-electron chi connectivity index (χ4n) is 3.24. The first kappa shape index (κ1) is 16.8. The first-order chi connectivity index (χ1) is 13.2. The Hall–Kier alpha value is -3.67. The van der Waals surface area contributed by atoms with Gasteiger partial charge in [-0.3, -0.25) is 0 Å². The molecule has 9 nitrogen and oxygen atoms in total. The van der Waals surface area contributed by atoms with Crippen LogP contribution in [0.5, 0.6) is 11.6 Å². The molecule has 1 saturated heterocycles. The summed E-state index contributed by atoms with van der Waals surface area (Å²) < 4.78 is 7.65. The third-order valence-electron chi connectivity index (χ3n) is 4.65. The van der Waals surface area contributed by atoms with E-state index in [-0.39, 0.29) is 6.04 Å². The van der Waals surface area contributed by atoms with Gasteiger partial charge in [-0.2, -0.15) is 10.4 Å². The number of ether oxygens (including phenoxy) is 1. The van der Waals surface area contributed by atoms with Crippen molar-refractivity contribution in [1.29, 1.82) is 5.26 Å². The fourth-order valence-corrected chi connectivity index (χ4v) is 3.24. The van der Waals surface area contributed by atoms with E-state index < -0.39 is 6.09 Å². The van der Waals surface area contributed by atoms with Gasteiger partial charge >= 0.3 is 6.09 Å². The predicted octanol–water partition coefficient (Wildman–Crippen LogP) is 2.81. The maximum Gasteiger partial charge on any atom is 0.407 e. The molecular weight excluding hydrogens is 348 g/mol. The van der Waals surface area contributed by atoms with Crippen molar-refractivity contribution in [1.82, 2.24) is 24.6 Å². The van der Waals surface area contributed by atoms with E-state index in [1.807, 2.05) is 0 Å². The van der Waals surface area contributed by atoms with Gasteiger partial charge in [-0.15, -0.1) is 0 Å². The van der Waals surface area contributed by atoms with Gasteiger partial charge in [0.1, 0.15) is 23.5 Å². The monoisotopic (exact) mass is 364 g/mol. The largest absolute Gasteiger partial charge is 0.465 e. The highest BCUT2D eigenvalue weighted by Crippen LogP contribution is 2.31. The van der Waals surface area contributed by atoms with Crippen LogP contribution in [0.2, 0.25) is 0 Å². The van der Waals surface area contributed by atoms with Crippen LogP contribution in [0.4, 0.5) is 4.79 Å². The molecule has 27 heavy (non-hydrogen) atoms. The van der Waals surface area contributed by atoms with E-state index in [0.29, 0.717) is 54.2 Å². The number of hydrogen-bond acceptors (Lipinski definition) is 6. The number of hydrogen-bond donors (Lipinski definition) is 1. The zero-order valence-electron chi connectivity index (χ0n) is 14.3. The van der Waals surface area contributed by atoms with Gasteiger partial charge in [0, 0.05) is 13.1 Å². The number of benzene rings is 1. The number of para-hydroxylation sites is 1. The molecule has 2 aromatic heterocycles. The molecule has 1 amide bonds. The number of aromatic nitrogens is 4. The second-order valence-electron chi connectivity index (χ2n) is 6.22. The summed E-state index contributed by atoms with van der Waals surface area (Å²) in [6.07, 6.45) is 3.48. The van der Waals surface area contributed by atoms with Gasteiger partial charge in [-0.05, 0) is 25.0 Å². The van der Waals surface area contributed by atoms with E-state index in [9.17, 15) is 10.1 Å². The van der Waals surface area contributed by atoms with Crippen molar-refractivity contribution >= 4 is 17.1 Å². The third kappa shape index (κ3) is 3.13. The Kier molecular flexibility index (Phi) is 4.30. The number of carbonyl (C=O) groups is 1. The van der Waals surface area contributed by atoms with Crippen LogP contribution in [0.25, 0.3) is 11.0 Å². The highest BCUT2D eigenvalue weighted by molar-refractivity contribution is 5.80. The van der Waals surface area contributed by atoms with E-state index in [0.717, 1.165) is 0 Å². The molecule has 0 unspecified atom stereocenters. The lowest BCUT2D eigenvalue weighted by Crippen LogP contribution is -2.38. The third-order valence-corrected chi connectivity index (χ3v) is 4.65. The average molecular weight is 364 g/mol. The van der Waals surface area contributed by atoms with Crippen LogP contribution in [0.15, 0.2) is 36.8 Å². The van der Waals surface area contributed by atoms with E-state index in [1.54, 1.807) is 35.1 Å². The first-order valence-electron chi connectivity index (χ1n) is 8.50. The summed E-state index contributed by atoms with van der Waals surface area (Å²) in [5.41, 5.74) is 1.04. The minimum atomic E-state index is -0.895. The van der Waals surface area contributed by atoms with Gasteiger partial charge in [-0.1, -0.05) is 12.1 Å². The Labute approximate surface area is 154 Å². The Bertz CT molecular complexity index is 1030. The van der Waals surface area contributed by atoms with Crippen LogP contribution in [-0.2, 0) is 0 Å². The van der Waals surface area contributed by atoms with E-state index in [2.05, 4.69) is 21.1 Å². The molecule has 1 aliphatic heterocycles. The van der Waals surface area contributed by atoms with Gasteiger partial charge in [-0.25, -0.2) is 19.4 Å². The zero-order chi connectivity index (χ0) is 18.8. The number of carboxylic acid groups (broad SMARTS) is 1. The second-order valence-corrected chi connectivity index (χ2v) is 6.22. The van der Waals surface area contributed by atoms with Gasteiger partial charge in [0.2, 0.25) is 5.88 Å². The fraction of sp³-hybridized carbons (Fsp3) is 0.278. The van der Waals surface area contributed by atoms with Crippen molar-refractivity contribution in [3.63, 3.8) is 0 Å². The smallest absolute Gasteiger partial charge is 0.407 e. The summed E-state index contributed by atoms with van der Waals surface area (Å²) >= 11 is 0. The van der Waals surface area contributed by atoms with Crippen molar-refractivity contribution in [3.05, 3.63) is 42.4 Å². The molecule has 0 atom stereocenters. The molecule has 3 heterocycles. The Morgan fingerprint density at radius 1 is 1.26 bits per heavy atom. The molecule has 9 heteroatoms. The van der Waals surface area contributed by atoms with Gasteiger partial charge in [0.15, 0.2) is 5.65 Å². The summed E-state index contributed by atoms with van der Waals surface area (Å²) in [6.45, 7) is 0.927. The molecule has 0 aliphatic carbocycles. The summed E-state index contributed by atoms with van der Waals surface area (Å²) in [4.78, 5) is 21.0. The van der Waals surface area contributed by atoms with Crippen molar-refractivity contribution in [2.75, 3.05) is 13.1 Å². The van der Waals surface area contributed by atoms with Crippen LogP contribution < -0.4 is 4.74 Å². The van der Waals surface area contributed by atoms with E-state index in [1.165, 1.54) is 11.2 Å². The molecule has 0 saturated carbocycles. The van der Waals surface area contributed by atoms with E-state index >= 15 is 0 Å². The SMILES string of the molecule is N#Cc1ccccc1Oc1ncnc2c1cnn2C1CCN(C(=O)O)CC1. The van der Waals surface area contributed by atoms with Crippen LogP contribution in [0, 0.1) is 11.3 Å². The number of piperidine rings is 1. The molecule has 4 rings (SSSR count). The summed E-state index contributed by atoms with van der Waals surface area (Å²) in [5, 5.41) is 23.4. The molecule has 136 valence electrons.